The molecule has 20 nitrogen and oxygen atoms in total. The van der Waals surface area contributed by atoms with Gasteiger partial charge in [0.05, 0.1) is 63.9 Å². The first-order chi connectivity index (χ1) is 49.9. The van der Waals surface area contributed by atoms with E-state index in [0.29, 0.717) is 77.8 Å². The van der Waals surface area contributed by atoms with Crippen LogP contribution in [0.5, 0.6) is 0 Å². The number of piperazine rings is 2. The molecule has 30 heteroatoms. The summed E-state index contributed by atoms with van der Waals surface area (Å²) in [7, 11) is 0. The second-order valence-corrected chi connectivity index (χ2v) is 29.2. The van der Waals surface area contributed by atoms with Crippen molar-refractivity contribution >= 4 is 114 Å². The van der Waals surface area contributed by atoms with Gasteiger partial charge in [0, 0.05) is 96.4 Å². The zero-order valence-corrected chi connectivity index (χ0v) is 60.9. The molecule has 0 bridgehead atoms. The SMILES string of the molecule is CC(c1ccc(Cl)cc1C(F)(F)F)n1nnc2ccc(C3=CCN(C(=O)[C@H]4CCCN4)CC3)cc21.CC(c1ccc(Cl)cc1C(F)(F)F)n1nnc2ccc(N3CCN(C(=O)[C@H]4CCCN4)CC3)cc21.CC(c1ccc(Cl)cc1Cl)n1nnc2ccc(N3CCN(C(=O)[C@H]4CCCCN4)[C@H](C)C3)cc21. The van der Waals surface area contributed by atoms with Crippen LogP contribution in [-0.2, 0) is 26.7 Å². The van der Waals surface area contributed by atoms with Gasteiger partial charge in [-0.1, -0.05) is 98.8 Å². The predicted molar refractivity (Wildman–Crippen MR) is 392 cm³/mol. The Balaban J connectivity index is 0.000000139. The molecule has 550 valence electrons. The van der Waals surface area contributed by atoms with Crippen LogP contribution in [0.25, 0.3) is 38.7 Å². The van der Waals surface area contributed by atoms with Gasteiger partial charge in [-0.2, -0.15) is 26.3 Å². The predicted octanol–water partition coefficient (Wildman–Crippen LogP) is 13.7. The number of piperidine rings is 1. The third kappa shape index (κ3) is 16.2. The fraction of sp³-hybridized carbons (Fsp3) is 0.446. The van der Waals surface area contributed by atoms with Crippen LogP contribution in [0.1, 0.15) is 131 Å². The molecule has 0 spiro atoms. The van der Waals surface area contributed by atoms with Gasteiger partial charge in [-0.3, -0.25) is 14.4 Å². The third-order valence-corrected chi connectivity index (χ3v) is 21.9. The lowest BCUT2D eigenvalue weighted by molar-refractivity contribution is -0.139. The fourth-order valence-corrected chi connectivity index (χ4v) is 16.0. The van der Waals surface area contributed by atoms with Crippen molar-refractivity contribution < 1.29 is 40.7 Å². The molecule has 3 aromatic heterocycles. The quantitative estimate of drug-likeness (QED) is 0.0977. The molecule has 3 N–H and O–H groups in total. The lowest BCUT2D eigenvalue weighted by Crippen LogP contribution is -2.58. The standard InChI is InChI=1S/C25H30Cl2N6O.C25H25ClF3N5O.C24H26ClF3N6O/c1-16-15-31(11-12-32(16)25(34)23-5-3-4-10-28-23)19-7-9-22-24(14-19)33(30-29-22)17(2)20-8-6-18(26)13-21(20)27;1-15(19-6-5-18(26)14-20(19)25(27,28)29)34-23-13-17(4-7-21(23)31-32-34)16-8-11-33(12-9-16)24(35)22-3-2-10-30-22;1-15(18-6-4-16(25)13-19(18)24(26,27)28)34-22-14-17(5-7-20(22)30-31-34)32-9-11-33(12-10-32)23(35)21-3-2-8-29-21/h6-9,13-14,16-17,23,28H,3-5,10-12,15H2,1-2H3;4-8,13-15,22,30H,2-3,9-12H2,1H3;4-7,13-15,21,29H,2-3,8-12H2,1H3/t16-,17?,23-;15?,22-;15?,21-/m111/s1. The van der Waals surface area contributed by atoms with Crippen LogP contribution < -0.4 is 25.8 Å². The van der Waals surface area contributed by atoms with Gasteiger partial charge in [0.2, 0.25) is 17.7 Å². The average Bonchev–Trinajstić information content (AvgIpc) is 1.21. The Hall–Kier alpha value is -8.11. The monoisotopic (exact) mass is 1510 g/mol. The molecule has 6 aromatic carbocycles. The maximum absolute atomic E-state index is 13.7. The molecule has 15 rings (SSSR count). The molecule has 7 atom stereocenters. The highest BCUT2D eigenvalue weighted by Gasteiger charge is 2.39. The molecule has 5 fully saturated rings. The van der Waals surface area contributed by atoms with Crippen molar-refractivity contribution in [3.05, 3.63) is 169 Å². The van der Waals surface area contributed by atoms with Crippen molar-refractivity contribution in [1.29, 1.82) is 0 Å². The number of hydrogen-bond donors (Lipinski definition) is 3. The first-order valence-corrected chi connectivity index (χ1v) is 36.9. The number of fused-ring (bicyclic) bond motifs is 3. The highest BCUT2D eigenvalue weighted by molar-refractivity contribution is 6.35. The molecule has 3 unspecified atom stereocenters. The minimum atomic E-state index is -4.54. The number of rotatable bonds is 12. The number of carbonyl (C=O) groups excluding carboxylic acids is 3. The smallest absolute Gasteiger partial charge is 0.368 e. The summed E-state index contributed by atoms with van der Waals surface area (Å²) >= 11 is 24.3. The Morgan fingerprint density at radius 2 is 0.933 bits per heavy atom. The summed E-state index contributed by atoms with van der Waals surface area (Å²) in [5.74, 6) is 0.558. The van der Waals surface area contributed by atoms with Crippen LogP contribution in [0.3, 0.4) is 0 Å². The number of amides is 3. The Labute approximate surface area is 617 Å². The number of hydrogen-bond acceptors (Lipinski definition) is 14. The summed E-state index contributed by atoms with van der Waals surface area (Å²) in [4.78, 5) is 48.8. The number of nitrogens with zero attached hydrogens (tertiary/aromatic N) is 14. The summed E-state index contributed by atoms with van der Waals surface area (Å²) in [6.07, 6.45) is 0.700. The first-order valence-electron chi connectivity index (χ1n) is 35.4. The van der Waals surface area contributed by atoms with Crippen molar-refractivity contribution in [3.8, 4) is 0 Å². The van der Waals surface area contributed by atoms with Gasteiger partial charge in [0.15, 0.2) is 0 Å². The average molecular weight is 1510 g/mol. The van der Waals surface area contributed by atoms with Gasteiger partial charge in [-0.05, 0) is 205 Å². The van der Waals surface area contributed by atoms with E-state index < -0.39 is 35.6 Å². The van der Waals surface area contributed by atoms with E-state index in [1.807, 2.05) is 69.1 Å². The summed E-state index contributed by atoms with van der Waals surface area (Å²) in [6.45, 7) is 16.3. The van der Waals surface area contributed by atoms with Gasteiger partial charge < -0.3 is 40.4 Å². The largest absolute Gasteiger partial charge is 0.416 e. The van der Waals surface area contributed by atoms with Gasteiger partial charge >= 0.3 is 12.4 Å². The van der Waals surface area contributed by atoms with E-state index >= 15 is 0 Å². The number of aromatic nitrogens is 9. The van der Waals surface area contributed by atoms with Crippen LogP contribution in [0, 0.1) is 0 Å². The van der Waals surface area contributed by atoms with Crippen LogP contribution in [-0.4, -0.2) is 180 Å². The molecule has 3 amide bonds. The van der Waals surface area contributed by atoms with Gasteiger partial charge in [-0.25, -0.2) is 14.0 Å². The zero-order valence-electron chi connectivity index (χ0n) is 57.9. The Morgan fingerprint density at radius 3 is 1.41 bits per heavy atom. The van der Waals surface area contributed by atoms with Crippen molar-refractivity contribution in [1.82, 2.24) is 75.6 Å². The first kappa shape index (κ1) is 74.2. The molecule has 6 aliphatic heterocycles. The normalized spacial score (nSPS) is 20.6. The summed E-state index contributed by atoms with van der Waals surface area (Å²) in [5, 5.41) is 36.6. The van der Waals surface area contributed by atoms with E-state index in [1.165, 1.54) is 33.6 Å². The van der Waals surface area contributed by atoms with Crippen molar-refractivity contribution in [2.75, 3.05) is 88.3 Å². The maximum Gasteiger partial charge on any atom is 0.416 e. The molecule has 9 aromatic rings. The topological polar surface area (TPSA) is 196 Å². The molecule has 9 heterocycles. The minimum absolute atomic E-state index is 0.0271. The van der Waals surface area contributed by atoms with Crippen molar-refractivity contribution in [2.24, 2.45) is 0 Å². The summed E-state index contributed by atoms with van der Waals surface area (Å²) in [5.41, 5.74) is 7.89. The van der Waals surface area contributed by atoms with Gasteiger partial charge in [0.25, 0.3) is 0 Å². The molecule has 0 saturated carbocycles. The van der Waals surface area contributed by atoms with E-state index in [9.17, 15) is 40.7 Å². The summed E-state index contributed by atoms with van der Waals surface area (Å²) < 4.78 is 87.1. The number of carbonyl (C=O) groups is 3. The molecular formula is C74H81Cl4F6N17O3. The Bertz CT molecular complexity index is 4640. The number of alkyl halides is 6. The van der Waals surface area contributed by atoms with Crippen molar-refractivity contribution in [3.63, 3.8) is 0 Å². The highest BCUT2D eigenvalue weighted by atomic mass is 35.5. The highest BCUT2D eigenvalue weighted by Crippen LogP contribution is 2.41. The van der Waals surface area contributed by atoms with Gasteiger partial charge in [-0.15, -0.1) is 15.3 Å². The maximum atomic E-state index is 13.7. The lowest BCUT2D eigenvalue weighted by atomic mass is 9.98. The second-order valence-electron chi connectivity index (χ2n) is 27.5. The van der Waals surface area contributed by atoms with E-state index in [0.717, 1.165) is 135 Å². The fourth-order valence-electron chi connectivity index (χ4n) is 15.1. The number of halogens is 10. The minimum Gasteiger partial charge on any atom is -0.368 e. The lowest BCUT2D eigenvalue weighted by Gasteiger charge is -2.42. The molecule has 0 aliphatic carbocycles. The Kier molecular flexibility index (Phi) is 22.5. The van der Waals surface area contributed by atoms with Gasteiger partial charge in [0.1, 0.15) is 16.6 Å². The third-order valence-electron chi connectivity index (χ3n) is 20.9. The zero-order chi connectivity index (χ0) is 73.3. The molecular weight excluding hydrogens is 1430 g/mol. The van der Waals surface area contributed by atoms with Crippen LogP contribution in [0.4, 0.5) is 37.7 Å². The second kappa shape index (κ2) is 31.5. The van der Waals surface area contributed by atoms with Crippen LogP contribution in [0.15, 0.2) is 115 Å². The number of benzene rings is 6. The van der Waals surface area contributed by atoms with Crippen LogP contribution >= 0.6 is 46.4 Å². The summed E-state index contributed by atoms with van der Waals surface area (Å²) in [6, 6.07) is 29.2. The Morgan fingerprint density at radius 1 is 0.481 bits per heavy atom. The van der Waals surface area contributed by atoms with Crippen LogP contribution in [0.2, 0.25) is 20.1 Å². The van der Waals surface area contributed by atoms with E-state index in [4.69, 9.17) is 46.4 Å². The molecule has 0 radical (unpaired) electrons. The van der Waals surface area contributed by atoms with E-state index in [-0.39, 0.29) is 69.1 Å². The molecule has 104 heavy (non-hydrogen) atoms. The van der Waals surface area contributed by atoms with E-state index in [1.54, 1.807) is 19.9 Å². The van der Waals surface area contributed by atoms with E-state index in [2.05, 4.69) is 93.6 Å². The molecule has 6 aliphatic rings. The molecule has 5 saturated heterocycles. The van der Waals surface area contributed by atoms with Crippen molar-refractivity contribution in [2.45, 2.75) is 134 Å². The number of anilines is 2. The number of nitrogens with one attached hydrogen (secondary N) is 3.